The zero-order valence-electron chi connectivity index (χ0n) is 27.8. The fraction of sp³-hybridized carbons (Fsp3) is 0.0612. The minimum Gasteiger partial charge on any atom is -0.135 e. The van der Waals surface area contributed by atoms with Gasteiger partial charge in [0.15, 0.2) is 0 Å². The van der Waals surface area contributed by atoms with Crippen molar-refractivity contribution in [1.82, 2.24) is 0 Å². The third kappa shape index (κ3) is 4.58. The summed E-state index contributed by atoms with van der Waals surface area (Å²) >= 11 is 1.89. The summed E-state index contributed by atoms with van der Waals surface area (Å²) in [5.74, 6) is 0.270. The summed E-state index contributed by atoms with van der Waals surface area (Å²) in [4.78, 5) is 0. The molecule has 0 amide bonds. The van der Waals surface area contributed by atoms with E-state index in [-0.39, 0.29) is 11.3 Å². The van der Waals surface area contributed by atoms with Gasteiger partial charge in [0.2, 0.25) is 0 Å². The lowest BCUT2D eigenvalue weighted by atomic mass is 9.60. The van der Waals surface area contributed by atoms with Gasteiger partial charge < -0.3 is 0 Å². The van der Waals surface area contributed by atoms with E-state index in [2.05, 4.69) is 189 Å². The van der Waals surface area contributed by atoms with Gasteiger partial charge in [-0.3, -0.25) is 0 Å². The van der Waals surface area contributed by atoms with Crippen molar-refractivity contribution >= 4 is 31.5 Å². The molecule has 0 aliphatic heterocycles. The van der Waals surface area contributed by atoms with Gasteiger partial charge in [-0.05, 0) is 103 Å². The fourth-order valence-corrected chi connectivity index (χ4v) is 9.65. The van der Waals surface area contributed by atoms with E-state index < -0.39 is 0 Å². The number of rotatable bonds is 4. The molecular weight excluding hydrogens is 621 g/mol. The van der Waals surface area contributed by atoms with Crippen molar-refractivity contribution in [3.05, 3.63) is 193 Å². The van der Waals surface area contributed by atoms with Crippen molar-refractivity contribution in [3.63, 3.8) is 0 Å². The van der Waals surface area contributed by atoms with Gasteiger partial charge in [-0.25, -0.2) is 0 Å². The van der Waals surface area contributed by atoms with Crippen LogP contribution in [-0.4, -0.2) is 0 Å². The Balaban J connectivity index is 1.18. The highest BCUT2D eigenvalue weighted by Gasteiger charge is 2.41. The van der Waals surface area contributed by atoms with Crippen molar-refractivity contribution in [2.75, 3.05) is 0 Å². The van der Waals surface area contributed by atoms with E-state index in [0.717, 1.165) is 0 Å². The first kappa shape index (κ1) is 29.2. The molecule has 50 heavy (non-hydrogen) atoms. The molecule has 2 aliphatic carbocycles. The molecule has 0 fully saturated rings. The van der Waals surface area contributed by atoms with Crippen LogP contribution in [0.5, 0.6) is 0 Å². The average molecular weight is 655 g/mol. The minimum absolute atomic E-state index is 0.118. The number of fused-ring (bicyclic) bond motifs is 9. The number of benzene rings is 7. The number of hydrogen-bond donors (Lipinski definition) is 0. The van der Waals surface area contributed by atoms with Crippen LogP contribution in [0.3, 0.4) is 0 Å². The Kier molecular flexibility index (Phi) is 6.66. The van der Waals surface area contributed by atoms with Crippen LogP contribution in [0, 0.1) is 0 Å². The van der Waals surface area contributed by atoms with Crippen molar-refractivity contribution in [3.8, 4) is 55.6 Å². The lowest BCUT2D eigenvalue weighted by molar-refractivity contribution is 0.519. The number of thiophene rings is 1. The van der Waals surface area contributed by atoms with E-state index in [1.165, 1.54) is 86.9 Å². The van der Waals surface area contributed by atoms with E-state index in [1.54, 1.807) is 0 Å². The molecule has 0 nitrogen and oxygen atoms in total. The zero-order valence-corrected chi connectivity index (χ0v) is 28.6. The maximum absolute atomic E-state index is 2.45. The predicted octanol–water partition coefficient (Wildman–Crippen LogP) is 13.9. The second-order valence-corrected chi connectivity index (χ2v) is 14.9. The molecular formula is C49H34S. The third-order valence-electron chi connectivity index (χ3n) is 11.0. The van der Waals surface area contributed by atoms with Crippen molar-refractivity contribution in [2.45, 2.75) is 18.3 Å². The second-order valence-electron chi connectivity index (χ2n) is 13.9. The molecule has 2 aliphatic rings. The normalized spacial score (nSPS) is 17.4. The molecule has 0 radical (unpaired) electrons. The Hall–Kier alpha value is -5.76. The molecule has 0 bridgehead atoms. The Bertz CT molecular complexity index is 2650. The highest BCUT2D eigenvalue weighted by atomic mass is 32.1. The lowest BCUT2D eigenvalue weighted by Crippen LogP contribution is -2.32. The number of hydrogen-bond acceptors (Lipinski definition) is 1. The van der Waals surface area contributed by atoms with Gasteiger partial charge in [-0.15, -0.1) is 11.3 Å². The SMILES string of the molecule is CC12C=CC=CC1c1ccc(-c3cc(-c4ccccc4)cc(-c4cccc5c4sc4ccccc45)c3)cc1-c1ccc(-c3ccccc3)cc12. The Morgan fingerprint density at radius 3 is 1.94 bits per heavy atom. The second kappa shape index (κ2) is 11.4. The molecule has 2 atom stereocenters. The molecule has 0 saturated heterocycles. The molecule has 1 heterocycles. The Labute approximate surface area is 297 Å². The Morgan fingerprint density at radius 2 is 1.12 bits per heavy atom. The highest BCUT2D eigenvalue weighted by Crippen LogP contribution is 2.54. The standard InChI is InChI=1S/C49H34S/c1-49-26-11-10-20-45(49)40-24-22-34(30-44(40)41-25-23-35(31-46(41)49)32-13-4-2-5-14-32)37-27-36(33-15-6-3-7-16-33)28-38(29-37)39-18-12-19-43-42-17-8-9-21-47(42)50-48(39)43/h2-31,45H,1H3. The van der Waals surface area contributed by atoms with Crippen molar-refractivity contribution in [2.24, 2.45) is 0 Å². The van der Waals surface area contributed by atoms with E-state index >= 15 is 0 Å². The van der Waals surface area contributed by atoms with Gasteiger partial charge in [0.25, 0.3) is 0 Å². The highest BCUT2D eigenvalue weighted by molar-refractivity contribution is 7.26. The molecule has 10 rings (SSSR count). The molecule has 8 aromatic rings. The first-order valence-electron chi connectivity index (χ1n) is 17.5. The van der Waals surface area contributed by atoms with Crippen molar-refractivity contribution in [1.29, 1.82) is 0 Å². The fourth-order valence-electron chi connectivity index (χ4n) is 8.42. The monoisotopic (exact) mass is 654 g/mol. The smallest absolute Gasteiger partial charge is 0.0433 e. The third-order valence-corrected chi connectivity index (χ3v) is 12.2. The Morgan fingerprint density at radius 1 is 0.460 bits per heavy atom. The van der Waals surface area contributed by atoms with Gasteiger partial charge in [-0.1, -0.05) is 153 Å². The predicted molar refractivity (Wildman–Crippen MR) is 215 cm³/mol. The summed E-state index contributed by atoms with van der Waals surface area (Å²) in [6, 6.07) is 58.6. The van der Waals surface area contributed by atoms with Crippen LogP contribution in [0.2, 0.25) is 0 Å². The topological polar surface area (TPSA) is 0 Å². The summed E-state index contributed by atoms with van der Waals surface area (Å²) in [5.41, 5.74) is 15.3. The van der Waals surface area contributed by atoms with Crippen molar-refractivity contribution < 1.29 is 0 Å². The lowest BCUT2D eigenvalue weighted by Gasteiger charge is -2.43. The molecule has 236 valence electrons. The summed E-state index contributed by atoms with van der Waals surface area (Å²) in [7, 11) is 0. The van der Waals surface area contributed by atoms with E-state index in [4.69, 9.17) is 0 Å². The molecule has 0 spiro atoms. The van der Waals surface area contributed by atoms with Crippen LogP contribution in [0.4, 0.5) is 0 Å². The van der Waals surface area contributed by atoms with E-state index in [9.17, 15) is 0 Å². The van der Waals surface area contributed by atoms with E-state index in [0.29, 0.717) is 0 Å². The van der Waals surface area contributed by atoms with Crippen LogP contribution >= 0.6 is 11.3 Å². The zero-order chi connectivity index (χ0) is 33.2. The summed E-state index contributed by atoms with van der Waals surface area (Å²) in [5, 5.41) is 2.66. The average Bonchev–Trinajstić information content (AvgIpc) is 3.57. The molecule has 1 heteroatoms. The molecule has 0 saturated carbocycles. The first-order valence-corrected chi connectivity index (χ1v) is 18.3. The maximum Gasteiger partial charge on any atom is 0.0433 e. The quantitative estimate of drug-likeness (QED) is 0.177. The van der Waals surface area contributed by atoms with Gasteiger partial charge in [0.05, 0.1) is 0 Å². The summed E-state index contributed by atoms with van der Waals surface area (Å²) in [6.45, 7) is 2.41. The van der Waals surface area contributed by atoms with Gasteiger partial charge >= 0.3 is 0 Å². The van der Waals surface area contributed by atoms with Crippen LogP contribution < -0.4 is 0 Å². The summed E-state index contributed by atoms with van der Waals surface area (Å²) in [6.07, 6.45) is 9.26. The van der Waals surface area contributed by atoms with Gasteiger partial charge in [-0.2, -0.15) is 0 Å². The minimum atomic E-state index is -0.118. The summed E-state index contributed by atoms with van der Waals surface area (Å²) < 4.78 is 2.67. The van der Waals surface area contributed by atoms with Gasteiger partial charge in [0.1, 0.15) is 0 Å². The van der Waals surface area contributed by atoms with Crippen LogP contribution in [0.25, 0.3) is 75.8 Å². The molecule has 7 aromatic carbocycles. The van der Waals surface area contributed by atoms with Crippen LogP contribution in [-0.2, 0) is 5.41 Å². The van der Waals surface area contributed by atoms with Crippen LogP contribution in [0.15, 0.2) is 182 Å². The number of allylic oxidation sites excluding steroid dienone is 4. The van der Waals surface area contributed by atoms with Gasteiger partial charge in [0, 0.05) is 31.5 Å². The molecule has 0 N–H and O–H groups in total. The molecule has 2 unspecified atom stereocenters. The van der Waals surface area contributed by atoms with Crippen LogP contribution in [0.1, 0.15) is 24.0 Å². The van der Waals surface area contributed by atoms with E-state index in [1.807, 2.05) is 11.3 Å². The maximum atomic E-state index is 2.45. The largest absolute Gasteiger partial charge is 0.135 e. The first-order chi connectivity index (χ1) is 24.6. The molecule has 1 aromatic heterocycles.